The molecule has 0 aromatic carbocycles. The minimum atomic E-state index is 0.821. The van der Waals surface area contributed by atoms with E-state index in [9.17, 15) is 0 Å². The quantitative estimate of drug-likeness (QED) is 0.857. The van der Waals surface area contributed by atoms with E-state index in [4.69, 9.17) is 4.42 Å². The topological polar surface area (TPSA) is 43.0 Å². The second-order valence-corrected chi connectivity index (χ2v) is 4.20. The van der Waals surface area contributed by atoms with Crippen molar-refractivity contribution in [3.8, 4) is 11.5 Å². The van der Waals surface area contributed by atoms with Gasteiger partial charge in [0.05, 0.1) is 12.0 Å². The SMILES string of the molecule is Cn1nc(-c2ccco2)cc1C1=CCNCC1. The van der Waals surface area contributed by atoms with Crippen molar-refractivity contribution in [2.45, 2.75) is 6.42 Å². The van der Waals surface area contributed by atoms with Crippen LogP contribution in [0.1, 0.15) is 12.1 Å². The lowest BCUT2D eigenvalue weighted by molar-refractivity contribution is 0.578. The number of aromatic nitrogens is 2. The summed E-state index contributed by atoms with van der Waals surface area (Å²) in [4.78, 5) is 0. The highest BCUT2D eigenvalue weighted by molar-refractivity contribution is 5.68. The average Bonchev–Trinajstić information content (AvgIpc) is 2.99. The Morgan fingerprint density at radius 3 is 3.12 bits per heavy atom. The van der Waals surface area contributed by atoms with Crippen molar-refractivity contribution < 1.29 is 4.42 Å². The molecule has 0 saturated heterocycles. The van der Waals surface area contributed by atoms with Crippen molar-refractivity contribution in [2.75, 3.05) is 13.1 Å². The second kappa shape index (κ2) is 4.22. The number of rotatable bonds is 2. The zero-order valence-corrected chi connectivity index (χ0v) is 9.81. The Bertz CT molecular complexity index is 537. The van der Waals surface area contributed by atoms with Gasteiger partial charge in [0.25, 0.3) is 0 Å². The molecule has 3 rings (SSSR count). The Balaban J connectivity index is 1.98. The summed E-state index contributed by atoms with van der Waals surface area (Å²) in [7, 11) is 1.98. The highest BCUT2D eigenvalue weighted by Crippen LogP contribution is 2.25. The zero-order chi connectivity index (χ0) is 11.7. The van der Waals surface area contributed by atoms with Gasteiger partial charge in [0, 0.05) is 13.6 Å². The summed E-state index contributed by atoms with van der Waals surface area (Å²) in [6, 6.07) is 5.91. The fourth-order valence-corrected chi connectivity index (χ4v) is 2.17. The van der Waals surface area contributed by atoms with Gasteiger partial charge >= 0.3 is 0 Å². The van der Waals surface area contributed by atoms with Gasteiger partial charge in [0.2, 0.25) is 0 Å². The van der Waals surface area contributed by atoms with Gasteiger partial charge in [0.1, 0.15) is 5.69 Å². The van der Waals surface area contributed by atoms with Crippen molar-refractivity contribution in [3.05, 3.63) is 36.2 Å². The molecule has 2 aromatic heterocycles. The smallest absolute Gasteiger partial charge is 0.154 e. The van der Waals surface area contributed by atoms with Gasteiger partial charge in [-0.25, -0.2) is 0 Å². The molecule has 0 bridgehead atoms. The third-order valence-corrected chi connectivity index (χ3v) is 3.05. The van der Waals surface area contributed by atoms with E-state index < -0.39 is 0 Å². The van der Waals surface area contributed by atoms with Crippen molar-refractivity contribution >= 4 is 5.57 Å². The summed E-state index contributed by atoms with van der Waals surface area (Å²) in [6.45, 7) is 1.98. The van der Waals surface area contributed by atoms with Crippen LogP contribution in [-0.4, -0.2) is 22.9 Å². The highest BCUT2D eigenvalue weighted by Gasteiger charge is 2.13. The second-order valence-electron chi connectivity index (χ2n) is 4.20. The summed E-state index contributed by atoms with van der Waals surface area (Å²) in [5.74, 6) is 0.821. The molecule has 0 saturated carbocycles. The molecular weight excluding hydrogens is 214 g/mol. The van der Waals surface area contributed by atoms with Crippen LogP contribution in [0.15, 0.2) is 35.0 Å². The van der Waals surface area contributed by atoms with Gasteiger partial charge in [-0.1, -0.05) is 6.08 Å². The molecule has 0 unspecified atom stereocenters. The van der Waals surface area contributed by atoms with Crippen LogP contribution < -0.4 is 5.32 Å². The van der Waals surface area contributed by atoms with E-state index in [1.807, 2.05) is 23.9 Å². The monoisotopic (exact) mass is 229 g/mol. The molecule has 2 aromatic rings. The number of aryl methyl sites for hydroxylation is 1. The normalized spacial score (nSPS) is 15.9. The molecule has 1 N–H and O–H groups in total. The first-order valence-electron chi connectivity index (χ1n) is 5.82. The van der Waals surface area contributed by atoms with E-state index in [1.54, 1.807) is 6.26 Å². The molecule has 1 aliphatic heterocycles. The lowest BCUT2D eigenvalue weighted by Gasteiger charge is -2.13. The molecular formula is C13H15N3O. The van der Waals surface area contributed by atoms with Crippen LogP contribution in [-0.2, 0) is 7.05 Å². The molecule has 0 amide bonds. The van der Waals surface area contributed by atoms with Crippen molar-refractivity contribution in [2.24, 2.45) is 7.05 Å². The maximum absolute atomic E-state index is 5.37. The summed E-state index contributed by atoms with van der Waals surface area (Å²) >= 11 is 0. The first-order valence-corrected chi connectivity index (χ1v) is 5.82. The molecule has 0 atom stereocenters. The Morgan fingerprint density at radius 1 is 1.47 bits per heavy atom. The molecule has 4 heteroatoms. The van der Waals surface area contributed by atoms with E-state index in [1.165, 1.54) is 11.3 Å². The third-order valence-electron chi connectivity index (χ3n) is 3.05. The maximum atomic E-state index is 5.37. The van der Waals surface area contributed by atoms with Gasteiger partial charge in [-0.05, 0) is 36.7 Å². The summed E-state index contributed by atoms with van der Waals surface area (Å²) < 4.78 is 7.29. The van der Waals surface area contributed by atoms with Crippen molar-refractivity contribution in [1.82, 2.24) is 15.1 Å². The minimum Gasteiger partial charge on any atom is -0.463 e. The van der Waals surface area contributed by atoms with E-state index >= 15 is 0 Å². The molecule has 0 aliphatic carbocycles. The molecule has 0 fully saturated rings. The molecule has 4 nitrogen and oxygen atoms in total. The fraction of sp³-hybridized carbons (Fsp3) is 0.308. The molecule has 88 valence electrons. The lowest BCUT2D eigenvalue weighted by atomic mass is 10.1. The van der Waals surface area contributed by atoms with Crippen LogP contribution in [0.5, 0.6) is 0 Å². The Morgan fingerprint density at radius 2 is 2.41 bits per heavy atom. The van der Waals surface area contributed by atoms with Crippen molar-refractivity contribution in [3.63, 3.8) is 0 Å². The average molecular weight is 229 g/mol. The van der Waals surface area contributed by atoms with Crippen LogP contribution in [0.25, 0.3) is 17.0 Å². The number of nitrogens with zero attached hydrogens (tertiary/aromatic N) is 2. The Hall–Kier alpha value is -1.81. The number of furan rings is 1. The van der Waals surface area contributed by atoms with Crippen LogP contribution in [0.3, 0.4) is 0 Å². The van der Waals surface area contributed by atoms with Crippen LogP contribution >= 0.6 is 0 Å². The predicted molar refractivity (Wildman–Crippen MR) is 66.4 cm³/mol. The number of hydrogen-bond donors (Lipinski definition) is 1. The first kappa shape index (κ1) is 10.4. The predicted octanol–water partition coefficient (Wildman–Crippen LogP) is 2.06. The van der Waals surface area contributed by atoms with E-state index in [2.05, 4.69) is 22.6 Å². The highest BCUT2D eigenvalue weighted by atomic mass is 16.3. The van der Waals surface area contributed by atoms with Gasteiger partial charge in [-0.2, -0.15) is 5.10 Å². The Kier molecular flexibility index (Phi) is 2.57. The minimum absolute atomic E-state index is 0.821. The van der Waals surface area contributed by atoms with Gasteiger partial charge in [0.15, 0.2) is 5.76 Å². The van der Waals surface area contributed by atoms with Crippen LogP contribution in [0, 0.1) is 0 Å². The summed E-state index contributed by atoms with van der Waals surface area (Å²) in [6.07, 6.45) is 4.96. The van der Waals surface area contributed by atoms with E-state index in [0.717, 1.165) is 31.0 Å². The van der Waals surface area contributed by atoms with Gasteiger partial charge < -0.3 is 9.73 Å². The maximum Gasteiger partial charge on any atom is 0.154 e. The lowest BCUT2D eigenvalue weighted by Crippen LogP contribution is -2.20. The van der Waals surface area contributed by atoms with Crippen molar-refractivity contribution in [1.29, 1.82) is 0 Å². The third kappa shape index (κ3) is 1.91. The van der Waals surface area contributed by atoms with Crippen LogP contribution in [0.2, 0.25) is 0 Å². The molecule has 17 heavy (non-hydrogen) atoms. The van der Waals surface area contributed by atoms with E-state index in [-0.39, 0.29) is 0 Å². The molecule has 3 heterocycles. The molecule has 1 aliphatic rings. The number of hydrogen-bond acceptors (Lipinski definition) is 3. The van der Waals surface area contributed by atoms with Gasteiger partial charge in [-0.15, -0.1) is 0 Å². The fourth-order valence-electron chi connectivity index (χ4n) is 2.17. The summed E-state index contributed by atoms with van der Waals surface area (Å²) in [5.41, 5.74) is 3.43. The largest absolute Gasteiger partial charge is 0.463 e. The number of nitrogens with one attached hydrogen (secondary N) is 1. The zero-order valence-electron chi connectivity index (χ0n) is 9.81. The molecule has 0 radical (unpaired) electrons. The van der Waals surface area contributed by atoms with E-state index in [0.29, 0.717) is 0 Å². The standard InChI is InChI=1S/C13H15N3O/c1-16-12(10-4-6-14-7-5-10)9-11(15-16)13-3-2-8-17-13/h2-4,8-9,14H,5-7H2,1H3. The van der Waals surface area contributed by atoms with Crippen LogP contribution in [0.4, 0.5) is 0 Å². The molecule has 0 spiro atoms. The van der Waals surface area contributed by atoms with Gasteiger partial charge in [-0.3, -0.25) is 4.68 Å². The summed E-state index contributed by atoms with van der Waals surface area (Å²) in [5, 5.41) is 7.80. The Labute approximate surface area is 99.9 Å². The first-order chi connectivity index (χ1) is 8.34.